The van der Waals surface area contributed by atoms with Crippen LogP contribution in [0.25, 0.3) is 5.57 Å². The van der Waals surface area contributed by atoms with Crippen molar-refractivity contribution >= 4 is 11.8 Å². The van der Waals surface area contributed by atoms with Crippen molar-refractivity contribution in [1.82, 2.24) is 0 Å². The van der Waals surface area contributed by atoms with Crippen molar-refractivity contribution in [2.24, 2.45) is 5.92 Å². The van der Waals surface area contributed by atoms with Gasteiger partial charge in [-0.05, 0) is 68.0 Å². The highest BCUT2D eigenvalue weighted by molar-refractivity contribution is 6.07. The van der Waals surface area contributed by atoms with E-state index in [2.05, 4.69) is 101 Å². The first-order valence-corrected chi connectivity index (χ1v) is 13.3. The molecule has 1 saturated heterocycles. The molecule has 2 aromatic rings. The van der Waals surface area contributed by atoms with E-state index in [-0.39, 0.29) is 5.41 Å². The summed E-state index contributed by atoms with van der Waals surface area (Å²) in [6.45, 7) is 24.5. The molecule has 1 aliphatic heterocycles. The zero-order valence-corrected chi connectivity index (χ0v) is 23.9. The lowest BCUT2D eigenvalue weighted by molar-refractivity contribution is -0.643. The number of benzene rings is 2. The average Bonchev–Trinajstić information content (AvgIpc) is 2.87. The van der Waals surface area contributed by atoms with Gasteiger partial charge in [0.15, 0.2) is 18.8 Å². The number of allylic oxidation sites excluding steroid dienone is 3. The molecule has 3 nitrogen and oxygen atoms in total. The van der Waals surface area contributed by atoms with Crippen LogP contribution in [0.15, 0.2) is 54.8 Å². The molecule has 1 fully saturated rings. The van der Waals surface area contributed by atoms with Gasteiger partial charge in [0.05, 0.1) is 23.3 Å². The Hall–Kier alpha value is -3.12. The van der Waals surface area contributed by atoms with Crippen molar-refractivity contribution in [3.8, 4) is 6.07 Å². The maximum Gasteiger partial charge on any atom is 0.194 e. The third kappa shape index (κ3) is 6.35. The average molecular weight is 486 g/mol. The first-order valence-electron chi connectivity index (χ1n) is 13.3. The molecule has 2 unspecified atom stereocenters. The molecule has 36 heavy (non-hydrogen) atoms. The Balaban J connectivity index is 0.00000222. The van der Waals surface area contributed by atoms with Gasteiger partial charge in [0, 0.05) is 11.0 Å². The van der Waals surface area contributed by atoms with Crippen molar-refractivity contribution in [3.63, 3.8) is 0 Å². The van der Waals surface area contributed by atoms with Gasteiger partial charge in [-0.15, -0.1) is 0 Å². The normalized spacial score (nSPS) is 18.6. The van der Waals surface area contributed by atoms with Gasteiger partial charge < -0.3 is 4.74 Å². The summed E-state index contributed by atoms with van der Waals surface area (Å²) in [5.41, 5.74) is 7.78. The van der Waals surface area contributed by atoms with E-state index in [0.29, 0.717) is 18.6 Å². The minimum atomic E-state index is -0.195. The van der Waals surface area contributed by atoms with Crippen LogP contribution in [0.2, 0.25) is 0 Å². The molecule has 0 radical (unpaired) electrons. The first kappa shape index (κ1) is 29.1. The van der Waals surface area contributed by atoms with Crippen LogP contribution in [-0.2, 0) is 16.6 Å². The third-order valence-corrected chi connectivity index (χ3v) is 7.38. The van der Waals surface area contributed by atoms with Gasteiger partial charge in [0.1, 0.15) is 6.61 Å². The largest absolute Gasteiger partial charge is 0.492 e. The summed E-state index contributed by atoms with van der Waals surface area (Å²) in [4.78, 5) is 0. The number of hydrogen-bond acceptors (Lipinski definition) is 2. The standard InChI is InChI=1S/C31H39N2O.C2H6/c1-9-24-15-29(16-27(17-32)23(24)6)31(7,8)28-13-11-26(12-14-28)25(10-2)19-33-18-22(5)30(33)20-34-21(3)4;1-2/h10-16,19,22,30H,3,9,18,20H2,1-2,4-8H3;1-2H3/q+1;/b25-10+,33-19?;. The molecule has 2 atom stereocenters. The maximum absolute atomic E-state index is 9.64. The molecule has 192 valence electrons. The first-order chi connectivity index (χ1) is 17.1. The van der Waals surface area contributed by atoms with Gasteiger partial charge in [-0.1, -0.05) is 77.6 Å². The van der Waals surface area contributed by atoms with Crippen LogP contribution >= 0.6 is 0 Å². The van der Waals surface area contributed by atoms with E-state index in [9.17, 15) is 5.26 Å². The molecule has 2 aromatic carbocycles. The van der Waals surface area contributed by atoms with Crippen LogP contribution in [0.1, 0.15) is 88.8 Å². The minimum Gasteiger partial charge on any atom is -0.492 e. The molecule has 0 amide bonds. The number of ether oxygens (including phenoxy) is 1. The van der Waals surface area contributed by atoms with E-state index in [1.807, 2.05) is 27.7 Å². The van der Waals surface area contributed by atoms with Crippen LogP contribution in [0.3, 0.4) is 0 Å². The van der Waals surface area contributed by atoms with Gasteiger partial charge in [-0.2, -0.15) is 5.26 Å². The number of nitrogens with zero attached hydrogens (tertiary/aromatic N) is 2. The van der Waals surface area contributed by atoms with Crippen LogP contribution < -0.4 is 0 Å². The lowest BCUT2D eigenvalue weighted by Crippen LogP contribution is -2.51. The Kier molecular flexibility index (Phi) is 10.3. The Morgan fingerprint density at radius 3 is 2.33 bits per heavy atom. The molecule has 0 bridgehead atoms. The predicted molar refractivity (Wildman–Crippen MR) is 154 cm³/mol. The van der Waals surface area contributed by atoms with Gasteiger partial charge in [0.2, 0.25) is 0 Å². The summed E-state index contributed by atoms with van der Waals surface area (Å²) < 4.78 is 8.08. The van der Waals surface area contributed by atoms with Gasteiger partial charge >= 0.3 is 0 Å². The SMILES string of the molecule is C=C(C)OCC1C(C)C[N+]1=C/C(=C\C)c1ccc(C(C)(C)c2cc(C#N)c(C)c(CC)c2)cc1.CC. The Bertz CT molecular complexity index is 1160. The summed E-state index contributed by atoms with van der Waals surface area (Å²) in [7, 11) is 0. The summed E-state index contributed by atoms with van der Waals surface area (Å²) in [6, 6.07) is 16.0. The molecule has 0 saturated carbocycles. The number of hydrogen-bond donors (Lipinski definition) is 0. The molecular formula is C33H45N2O+. The molecule has 1 heterocycles. The fraction of sp³-hybridized carbons (Fsp3) is 0.455. The number of nitriles is 1. The zero-order chi connectivity index (χ0) is 27.0. The molecule has 0 aliphatic carbocycles. The molecule has 3 rings (SSSR count). The van der Waals surface area contributed by atoms with E-state index < -0.39 is 0 Å². The third-order valence-electron chi connectivity index (χ3n) is 7.38. The monoisotopic (exact) mass is 485 g/mol. The molecular weight excluding hydrogens is 440 g/mol. The van der Waals surface area contributed by atoms with E-state index >= 15 is 0 Å². The molecule has 3 heteroatoms. The summed E-state index contributed by atoms with van der Waals surface area (Å²) in [5, 5.41) is 9.64. The summed E-state index contributed by atoms with van der Waals surface area (Å²) in [5.74, 6) is 1.38. The molecule has 0 aromatic heterocycles. The predicted octanol–water partition coefficient (Wildman–Crippen LogP) is 7.84. The summed E-state index contributed by atoms with van der Waals surface area (Å²) in [6.07, 6.45) is 5.36. The van der Waals surface area contributed by atoms with Crippen LogP contribution in [0.4, 0.5) is 0 Å². The van der Waals surface area contributed by atoms with E-state index in [1.54, 1.807) is 0 Å². The fourth-order valence-corrected chi connectivity index (χ4v) is 4.77. The Morgan fingerprint density at radius 2 is 1.83 bits per heavy atom. The van der Waals surface area contributed by atoms with Crippen molar-refractivity contribution < 1.29 is 9.31 Å². The van der Waals surface area contributed by atoms with Gasteiger partial charge in [0.25, 0.3) is 0 Å². The lowest BCUT2D eigenvalue weighted by atomic mass is 9.76. The maximum atomic E-state index is 9.64. The highest BCUT2D eigenvalue weighted by atomic mass is 16.5. The highest BCUT2D eigenvalue weighted by Gasteiger charge is 2.41. The van der Waals surface area contributed by atoms with Gasteiger partial charge in [-0.3, -0.25) is 0 Å². The number of aryl methyl sites for hydroxylation is 1. The van der Waals surface area contributed by atoms with E-state index in [0.717, 1.165) is 29.9 Å². The second-order valence-electron chi connectivity index (χ2n) is 10.1. The molecule has 0 N–H and O–H groups in total. The smallest absolute Gasteiger partial charge is 0.194 e. The van der Waals surface area contributed by atoms with Crippen LogP contribution in [0.5, 0.6) is 0 Å². The van der Waals surface area contributed by atoms with Crippen molar-refractivity contribution in [2.75, 3.05) is 13.2 Å². The fourth-order valence-electron chi connectivity index (χ4n) is 4.77. The summed E-state index contributed by atoms with van der Waals surface area (Å²) >= 11 is 0. The van der Waals surface area contributed by atoms with Gasteiger partial charge in [-0.25, -0.2) is 4.58 Å². The van der Waals surface area contributed by atoms with Crippen molar-refractivity contribution in [2.45, 2.75) is 80.2 Å². The van der Waals surface area contributed by atoms with Crippen molar-refractivity contribution in [1.29, 1.82) is 5.26 Å². The topological polar surface area (TPSA) is 36.0 Å². The molecule has 0 spiro atoms. The zero-order valence-electron chi connectivity index (χ0n) is 23.9. The van der Waals surface area contributed by atoms with Crippen LogP contribution in [0, 0.1) is 24.2 Å². The Labute approximate surface area is 219 Å². The Morgan fingerprint density at radius 1 is 1.19 bits per heavy atom. The second kappa shape index (κ2) is 12.7. The van der Waals surface area contributed by atoms with E-state index in [1.165, 1.54) is 27.8 Å². The van der Waals surface area contributed by atoms with Crippen LogP contribution in [-0.4, -0.2) is 30.0 Å². The lowest BCUT2D eigenvalue weighted by Gasteiger charge is -2.31. The molecule has 1 aliphatic rings. The second-order valence-corrected chi connectivity index (χ2v) is 10.1. The van der Waals surface area contributed by atoms with Crippen molar-refractivity contribution in [3.05, 3.63) is 88.2 Å². The van der Waals surface area contributed by atoms with E-state index in [4.69, 9.17) is 4.74 Å². The number of rotatable bonds is 8. The minimum absolute atomic E-state index is 0.195. The quantitative estimate of drug-likeness (QED) is 0.282. The highest BCUT2D eigenvalue weighted by Crippen LogP contribution is 2.34.